The zero-order valence-electron chi connectivity index (χ0n) is 12.2. The highest BCUT2D eigenvalue weighted by molar-refractivity contribution is 5.37. The number of methoxy groups -OCH3 is 1. The van der Waals surface area contributed by atoms with Crippen LogP contribution in [-0.2, 0) is 0 Å². The van der Waals surface area contributed by atoms with Gasteiger partial charge in [0.25, 0.3) is 0 Å². The number of rotatable bonds is 2. The Labute approximate surface area is 106 Å². The zero-order valence-corrected chi connectivity index (χ0v) is 12.2. The minimum atomic E-state index is 0.184. The number of ether oxygens (including phenoxy) is 1. The van der Waals surface area contributed by atoms with Gasteiger partial charge in [-0.1, -0.05) is 53.7 Å². The van der Waals surface area contributed by atoms with Crippen LogP contribution in [0.4, 0.5) is 0 Å². The predicted molar refractivity (Wildman–Crippen MR) is 73.5 cm³/mol. The molecule has 0 aliphatic rings. The summed E-state index contributed by atoms with van der Waals surface area (Å²) in [7, 11) is 1.73. The van der Waals surface area contributed by atoms with Crippen LogP contribution in [0.5, 0.6) is 5.75 Å². The Kier molecular flexibility index (Phi) is 3.91. The Balaban J connectivity index is 3.33. The van der Waals surface area contributed by atoms with Crippen molar-refractivity contribution in [3.8, 4) is 5.75 Å². The van der Waals surface area contributed by atoms with Gasteiger partial charge in [0.1, 0.15) is 5.75 Å². The van der Waals surface area contributed by atoms with E-state index < -0.39 is 0 Å². The number of hydrogen-bond acceptors (Lipinski definition) is 1. The molecular weight excluding hydrogens is 208 g/mol. The summed E-state index contributed by atoms with van der Waals surface area (Å²) in [6.07, 6.45) is 0. The van der Waals surface area contributed by atoms with Crippen molar-refractivity contribution in [2.24, 2.45) is 10.8 Å². The molecule has 0 fully saturated rings. The van der Waals surface area contributed by atoms with Crippen LogP contribution >= 0.6 is 0 Å². The lowest BCUT2D eigenvalue weighted by molar-refractivity contribution is 0.172. The van der Waals surface area contributed by atoms with Crippen LogP contribution < -0.4 is 4.74 Å². The molecule has 0 bridgehead atoms. The van der Waals surface area contributed by atoms with Crippen molar-refractivity contribution in [2.45, 2.75) is 47.5 Å². The van der Waals surface area contributed by atoms with Gasteiger partial charge in [-0.3, -0.25) is 0 Å². The van der Waals surface area contributed by atoms with E-state index in [0.717, 1.165) is 5.75 Å². The summed E-state index contributed by atoms with van der Waals surface area (Å²) < 4.78 is 5.49. The molecule has 0 spiro atoms. The third kappa shape index (κ3) is 3.24. The maximum absolute atomic E-state index is 5.49. The van der Waals surface area contributed by atoms with Gasteiger partial charge in [0.15, 0.2) is 0 Å². The summed E-state index contributed by atoms with van der Waals surface area (Å²) in [5.74, 6) is 1.36. The lowest BCUT2D eigenvalue weighted by Crippen LogP contribution is -2.30. The van der Waals surface area contributed by atoms with Gasteiger partial charge in [-0.2, -0.15) is 0 Å². The van der Waals surface area contributed by atoms with Crippen molar-refractivity contribution in [2.75, 3.05) is 7.11 Å². The topological polar surface area (TPSA) is 9.23 Å². The number of benzene rings is 1. The maximum atomic E-state index is 5.49. The first-order valence-electron chi connectivity index (χ1n) is 6.22. The van der Waals surface area contributed by atoms with Crippen molar-refractivity contribution < 1.29 is 4.74 Å². The molecule has 0 amide bonds. The first-order valence-corrected chi connectivity index (χ1v) is 6.22. The molecule has 0 N–H and O–H groups in total. The molecule has 0 saturated carbocycles. The molecular formula is C16H25O. The summed E-state index contributed by atoms with van der Waals surface area (Å²) in [5, 5.41) is 0. The highest BCUT2D eigenvalue weighted by atomic mass is 16.5. The van der Waals surface area contributed by atoms with Crippen LogP contribution in [0.15, 0.2) is 18.2 Å². The molecule has 0 atom stereocenters. The molecule has 1 aromatic rings. The molecule has 1 rings (SSSR count). The average Bonchev–Trinajstić information content (AvgIpc) is 2.14. The van der Waals surface area contributed by atoms with Gasteiger partial charge in [-0.25, -0.2) is 0 Å². The molecule has 95 valence electrons. The molecule has 0 aliphatic carbocycles. The molecule has 17 heavy (non-hydrogen) atoms. The van der Waals surface area contributed by atoms with Gasteiger partial charge >= 0.3 is 0 Å². The second-order valence-corrected chi connectivity index (χ2v) is 6.82. The van der Waals surface area contributed by atoms with Crippen LogP contribution in [0.2, 0.25) is 0 Å². The Morgan fingerprint density at radius 1 is 1.06 bits per heavy atom. The van der Waals surface area contributed by atoms with Gasteiger partial charge in [0.05, 0.1) is 7.11 Å². The fraction of sp³-hybridized carbons (Fsp3) is 0.625. The van der Waals surface area contributed by atoms with Gasteiger partial charge in [-0.05, 0) is 28.9 Å². The summed E-state index contributed by atoms with van der Waals surface area (Å²) in [5.41, 5.74) is 1.56. The standard InChI is InChI=1S/C16H25O/c1-15(2,3)14(16(4,5)6)12-10-8-9-11-13(12)17-7/h8-9,11,14H,1-7H3. The van der Waals surface area contributed by atoms with E-state index in [1.165, 1.54) is 5.56 Å². The van der Waals surface area contributed by atoms with Crippen LogP contribution in [0.3, 0.4) is 0 Å². The molecule has 1 nitrogen and oxygen atoms in total. The molecule has 0 unspecified atom stereocenters. The highest BCUT2D eigenvalue weighted by Crippen LogP contribution is 2.49. The van der Waals surface area contributed by atoms with Gasteiger partial charge < -0.3 is 4.74 Å². The second kappa shape index (κ2) is 4.72. The Morgan fingerprint density at radius 2 is 1.59 bits per heavy atom. The van der Waals surface area contributed by atoms with Crippen LogP contribution in [0.1, 0.15) is 53.0 Å². The van der Waals surface area contributed by atoms with E-state index in [9.17, 15) is 0 Å². The SMILES string of the molecule is COc1ccc[c]c1C(C(C)(C)C)C(C)(C)C. The number of hydrogen-bond donors (Lipinski definition) is 0. The van der Waals surface area contributed by atoms with Gasteiger partial charge in [-0.15, -0.1) is 0 Å². The molecule has 1 radical (unpaired) electrons. The van der Waals surface area contributed by atoms with Crippen LogP contribution in [-0.4, -0.2) is 7.11 Å². The molecule has 0 saturated heterocycles. The second-order valence-electron chi connectivity index (χ2n) is 6.82. The third-order valence-electron chi connectivity index (χ3n) is 3.09. The van der Waals surface area contributed by atoms with Crippen LogP contribution in [0.25, 0.3) is 0 Å². The minimum absolute atomic E-state index is 0.184. The fourth-order valence-corrected chi connectivity index (χ4v) is 3.00. The first kappa shape index (κ1) is 14.1. The van der Waals surface area contributed by atoms with Crippen molar-refractivity contribution >= 4 is 0 Å². The monoisotopic (exact) mass is 233 g/mol. The Morgan fingerprint density at radius 3 is 2.00 bits per heavy atom. The van der Waals surface area contributed by atoms with Crippen LogP contribution in [0, 0.1) is 16.9 Å². The normalized spacial score (nSPS) is 12.9. The van der Waals surface area contributed by atoms with Crippen molar-refractivity contribution in [1.82, 2.24) is 0 Å². The van der Waals surface area contributed by atoms with E-state index >= 15 is 0 Å². The summed E-state index contributed by atoms with van der Waals surface area (Å²) >= 11 is 0. The molecule has 0 heterocycles. The van der Waals surface area contributed by atoms with E-state index in [4.69, 9.17) is 4.74 Å². The lowest BCUT2D eigenvalue weighted by Gasteiger charge is -2.41. The van der Waals surface area contributed by atoms with E-state index in [-0.39, 0.29) is 10.8 Å². The molecule has 0 aliphatic heterocycles. The summed E-state index contributed by atoms with van der Waals surface area (Å²) in [6.45, 7) is 13.7. The van der Waals surface area contributed by atoms with Gasteiger partial charge in [0, 0.05) is 5.56 Å². The smallest absolute Gasteiger partial charge is 0.122 e. The molecule has 1 heteroatoms. The quantitative estimate of drug-likeness (QED) is 0.721. The molecule has 0 aromatic heterocycles. The zero-order chi connectivity index (χ0) is 13.3. The third-order valence-corrected chi connectivity index (χ3v) is 3.09. The van der Waals surface area contributed by atoms with Crippen molar-refractivity contribution in [3.63, 3.8) is 0 Å². The van der Waals surface area contributed by atoms with E-state index in [0.29, 0.717) is 5.92 Å². The minimum Gasteiger partial charge on any atom is -0.496 e. The van der Waals surface area contributed by atoms with E-state index in [1.807, 2.05) is 18.2 Å². The average molecular weight is 233 g/mol. The fourth-order valence-electron chi connectivity index (χ4n) is 3.00. The van der Waals surface area contributed by atoms with Gasteiger partial charge in [0.2, 0.25) is 0 Å². The first-order chi connectivity index (χ1) is 7.68. The summed E-state index contributed by atoms with van der Waals surface area (Å²) in [4.78, 5) is 0. The van der Waals surface area contributed by atoms with E-state index in [1.54, 1.807) is 7.11 Å². The van der Waals surface area contributed by atoms with Crippen molar-refractivity contribution in [3.05, 3.63) is 29.8 Å². The Hall–Kier alpha value is -0.980. The maximum Gasteiger partial charge on any atom is 0.122 e. The highest BCUT2D eigenvalue weighted by Gasteiger charge is 2.37. The van der Waals surface area contributed by atoms with Crippen molar-refractivity contribution in [1.29, 1.82) is 0 Å². The molecule has 1 aromatic carbocycles. The van der Waals surface area contributed by atoms with E-state index in [2.05, 4.69) is 47.6 Å². The predicted octanol–water partition coefficient (Wildman–Crippen LogP) is 4.67. The largest absolute Gasteiger partial charge is 0.496 e. The summed E-state index contributed by atoms with van der Waals surface area (Å²) in [6, 6.07) is 9.35. The Bertz CT molecular complexity index is 352. The lowest BCUT2D eigenvalue weighted by atomic mass is 9.63.